The second-order valence-corrected chi connectivity index (χ2v) is 2.75. The van der Waals surface area contributed by atoms with E-state index in [2.05, 4.69) is 17.3 Å². The molecular formula is C7H11N3. The summed E-state index contributed by atoms with van der Waals surface area (Å²) in [5.41, 5.74) is 1.23. The van der Waals surface area contributed by atoms with Gasteiger partial charge in [-0.15, -0.1) is 0 Å². The minimum Gasteiger partial charge on any atom is -0.368 e. The predicted molar refractivity (Wildman–Crippen MR) is 40.2 cm³/mol. The molecule has 1 unspecified atom stereocenters. The summed E-state index contributed by atoms with van der Waals surface area (Å²) in [5, 5.41) is 9.55. The Balaban J connectivity index is 2.19. The summed E-state index contributed by atoms with van der Waals surface area (Å²) >= 11 is 0. The first-order valence-corrected chi connectivity index (χ1v) is 3.61. The van der Waals surface area contributed by atoms with Crippen LogP contribution in [0.2, 0.25) is 0 Å². The maximum Gasteiger partial charge on any atom is 0.120 e. The quantitative estimate of drug-likeness (QED) is 0.536. The fraction of sp³-hybridized carbons (Fsp3) is 0.571. The average Bonchev–Trinajstić information content (AvgIpc) is 2.33. The number of nitrogens with zero attached hydrogens (tertiary/aromatic N) is 2. The standard InChI is InChI=1S/C7H11N3/c1-6-2-3-7-8-4-5-10(7)9-6/h4-5,7-8H,2-3H2,1H3. The van der Waals surface area contributed by atoms with Crippen molar-refractivity contribution in [1.82, 2.24) is 10.3 Å². The van der Waals surface area contributed by atoms with Gasteiger partial charge >= 0.3 is 0 Å². The molecule has 0 aromatic heterocycles. The van der Waals surface area contributed by atoms with Gasteiger partial charge in [0.2, 0.25) is 0 Å². The third-order valence-corrected chi connectivity index (χ3v) is 1.90. The molecule has 0 saturated heterocycles. The Morgan fingerprint density at radius 2 is 2.70 bits per heavy atom. The Kier molecular flexibility index (Phi) is 1.16. The number of fused-ring (bicyclic) bond motifs is 1. The number of nitrogens with one attached hydrogen (secondary N) is 1. The van der Waals surface area contributed by atoms with Crippen molar-refractivity contribution in [3.63, 3.8) is 0 Å². The van der Waals surface area contributed by atoms with Crippen LogP contribution in [0.25, 0.3) is 0 Å². The smallest absolute Gasteiger partial charge is 0.120 e. The Morgan fingerprint density at radius 3 is 3.60 bits per heavy atom. The Hall–Kier alpha value is -0.990. The Labute approximate surface area is 60.4 Å². The summed E-state index contributed by atoms with van der Waals surface area (Å²) in [5.74, 6) is 0. The topological polar surface area (TPSA) is 27.6 Å². The maximum atomic E-state index is 4.34. The summed E-state index contributed by atoms with van der Waals surface area (Å²) in [7, 11) is 0. The van der Waals surface area contributed by atoms with Crippen LogP contribution in [-0.2, 0) is 0 Å². The lowest BCUT2D eigenvalue weighted by Crippen LogP contribution is -2.35. The van der Waals surface area contributed by atoms with Gasteiger partial charge in [-0.05, 0) is 19.8 Å². The maximum absolute atomic E-state index is 4.34. The first-order valence-electron chi connectivity index (χ1n) is 3.61. The normalized spacial score (nSPS) is 29.5. The van der Waals surface area contributed by atoms with Crippen molar-refractivity contribution in [3.05, 3.63) is 12.4 Å². The highest BCUT2D eigenvalue weighted by molar-refractivity contribution is 5.82. The zero-order chi connectivity index (χ0) is 6.97. The molecule has 2 aliphatic heterocycles. The first-order chi connectivity index (χ1) is 4.86. The van der Waals surface area contributed by atoms with Crippen molar-refractivity contribution < 1.29 is 0 Å². The molecule has 2 aliphatic rings. The molecule has 0 spiro atoms. The monoisotopic (exact) mass is 137 g/mol. The molecule has 0 radical (unpaired) electrons. The minimum absolute atomic E-state index is 0.434. The van der Waals surface area contributed by atoms with E-state index >= 15 is 0 Å². The number of rotatable bonds is 0. The molecule has 0 amide bonds. The summed E-state index contributed by atoms with van der Waals surface area (Å²) < 4.78 is 0. The van der Waals surface area contributed by atoms with E-state index in [1.54, 1.807) is 0 Å². The predicted octanol–water partition coefficient (Wildman–Crippen LogP) is 0.859. The van der Waals surface area contributed by atoms with Crippen LogP contribution in [0.15, 0.2) is 17.5 Å². The van der Waals surface area contributed by atoms with Crippen molar-refractivity contribution in [2.45, 2.75) is 25.9 Å². The van der Waals surface area contributed by atoms with E-state index in [4.69, 9.17) is 0 Å². The highest BCUT2D eigenvalue weighted by atomic mass is 15.5. The molecule has 0 aromatic rings. The SMILES string of the molecule is CC1=NN2C=CNC2CC1. The third-order valence-electron chi connectivity index (χ3n) is 1.90. The summed E-state index contributed by atoms with van der Waals surface area (Å²) in [6, 6.07) is 0. The van der Waals surface area contributed by atoms with Gasteiger partial charge in [0.1, 0.15) is 6.17 Å². The van der Waals surface area contributed by atoms with E-state index in [1.165, 1.54) is 12.1 Å². The zero-order valence-corrected chi connectivity index (χ0v) is 6.04. The second-order valence-electron chi connectivity index (χ2n) is 2.75. The summed E-state index contributed by atoms with van der Waals surface area (Å²) in [6.45, 7) is 2.07. The average molecular weight is 137 g/mol. The molecule has 3 heteroatoms. The van der Waals surface area contributed by atoms with E-state index in [9.17, 15) is 0 Å². The molecule has 2 rings (SSSR count). The third kappa shape index (κ3) is 0.781. The molecule has 0 aliphatic carbocycles. The molecular weight excluding hydrogens is 126 g/mol. The van der Waals surface area contributed by atoms with Gasteiger partial charge in [-0.1, -0.05) is 0 Å². The summed E-state index contributed by atoms with van der Waals surface area (Å²) in [4.78, 5) is 0. The van der Waals surface area contributed by atoms with Crippen molar-refractivity contribution in [1.29, 1.82) is 0 Å². The van der Waals surface area contributed by atoms with Gasteiger partial charge in [0.25, 0.3) is 0 Å². The van der Waals surface area contributed by atoms with Crippen LogP contribution >= 0.6 is 0 Å². The van der Waals surface area contributed by atoms with E-state index in [-0.39, 0.29) is 0 Å². The summed E-state index contributed by atoms with van der Waals surface area (Å²) in [6.07, 6.45) is 6.65. The molecule has 1 N–H and O–H groups in total. The van der Waals surface area contributed by atoms with Crippen LogP contribution in [0, 0.1) is 0 Å². The lowest BCUT2D eigenvalue weighted by molar-refractivity contribution is 0.264. The Bertz CT molecular complexity index is 195. The molecule has 0 bridgehead atoms. The number of hydrazone groups is 1. The fourth-order valence-electron chi connectivity index (χ4n) is 1.32. The van der Waals surface area contributed by atoms with E-state index < -0.39 is 0 Å². The molecule has 0 aromatic carbocycles. The van der Waals surface area contributed by atoms with Gasteiger partial charge in [-0.2, -0.15) is 5.10 Å². The highest BCUT2D eigenvalue weighted by Crippen LogP contribution is 2.16. The molecule has 0 fully saturated rings. The van der Waals surface area contributed by atoms with Gasteiger partial charge in [0, 0.05) is 18.1 Å². The molecule has 54 valence electrons. The van der Waals surface area contributed by atoms with Crippen molar-refractivity contribution in [3.8, 4) is 0 Å². The van der Waals surface area contributed by atoms with Gasteiger partial charge < -0.3 is 5.32 Å². The Morgan fingerprint density at radius 1 is 1.80 bits per heavy atom. The van der Waals surface area contributed by atoms with Crippen molar-refractivity contribution >= 4 is 5.71 Å². The fourth-order valence-corrected chi connectivity index (χ4v) is 1.32. The number of hydrogen-bond donors (Lipinski definition) is 1. The van der Waals surface area contributed by atoms with Crippen LogP contribution in [0.3, 0.4) is 0 Å². The van der Waals surface area contributed by atoms with Gasteiger partial charge in [-0.25, -0.2) is 5.01 Å². The van der Waals surface area contributed by atoms with Gasteiger partial charge in [0.05, 0.1) is 0 Å². The largest absolute Gasteiger partial charge is 0.368 e. The van der Waals surface area contributed by atoms with Crippen molar-refractivity contribution in [2.75, 3.05) is 0 Å². The number of hydrogen-bond acceptors (Lipinski definition) is 3. The van der Waals surface area contributed by atoms with E-state index in [0.29, 0.717) is 6.17 Å². The van der Waals surface area contributed by atoms with Gasteiger partial charge in [0.15, 0.2) is 0 Å². The van der Waals surface area contributed by atoms with E-state index in [0.717, 1.165) is 6.42 Å². The van der Waals surface area contributed by atoms with Crippen LogP contribution in [0.5, 0.6) is 0 Å². The molecule has 10 heavy (non-hydrogen) atoms. The van der Waals surface area contributed by atoms with Crippen LogP contribution in [0.4, 0.5) is 0 Å². The lowest BCUT2D eigenvalue weighted by Gasteiger charge is -2.25. The van der Waals surface area contributed by atoms with Crippen LogP contribution < -0.4 is 5.32 Å². The van der Waals surface area contributed by atoms with Gasteiger partial charge in [-0.3, -0.25) is 0 Å². The van der Waals surface area contributed by atoms with Crippen LogP contribution in [0.1, 0.15) is 19.8 Å². The zero-order valence-electron chi connectivity index (χ0n) is 6.04. The molecule has 3 nitrogen and oxygen atoms in total. The first kappa shape index (κ1) is 5.77. The molecule has 0 saturated carbocycles. The lowest BCUT2D eigenvalue weighted by atomic mass is 10.2. The van der Waals surface area contributed by atoms with Crippen LogP contribution in [-0.4, -0.2) is 16.9 Å². The molecule has 2 heterocycles. The molecule has 1 atom stereocenters. The van der Waals surface area contributed by atoms with Crippen molar-refractivity contribution in [2.24, 2.45) is 5.10 Å². The second kappa shape index (κ2) is 2.01. The minimum atomic E-state index is 0.434. The van der Waals surface area contributed by atoms with E-state index in [1.807, 2.05) is 17.4 Å². The highest BCUT2D eigenvalue weighted by Gasteiger charge is 2.21.